The maximum Gasteiger partial charge on any atom is 0.231 e. The van der Waals surface area contributed by atoms with Gasteiger partial charge in [0, 0.05) is 30.1 Å². The molecule has 0 unspecified atom stereocenters. The number of aromatic nitrogens is 2. The predicted molar refractivity (Wildman–Crippen MR) is 101 cm³/mol. The van der Waals surface area contributed by atoms with E-state index in [1.54, 1.807) is 0 Å². The van der Waals surface area contributed by atoms with E-state index in [2.05, 4.69) is 10.1 Å². The summed E-state index contributed by atoms with van der Waals surface area (Å²) in [6.45, 7) is 2.14. The molecule has 1 aromatic heterocycles. The van der Waals surface area contributed by atoms with E-state index in [9.17, 15) is 4.79 Å². The van der Waals surface area contributed by atoms with E-state index in [4.69, 9.17) is 21.9 Å². The number of unbranched alkanes of at least 4 members (excludes halogenated alkanes) is 2. The van der Waals surface area contributed by atoms with Gasteiger partial charge >= 0.3 is 0 Å². The van der Waals surface area contributed by atoms with Gasteiger partial charge in [0.1, 0.15) is 0 Å². The second-order valence-electron chi connectivity index (χ2n) is 6.74. The summed E-state index contributed by atoms with van der Waals surface area (Å²) < 4.78 is 5.48. The smallest absolute Gasteiger partial charge is 0.231 e. The van der Waals surface area contributed by atoms with Crippen molar-refractivity contribution in [1.82, 2.24) is 15.0 Å². The first kappa shape index (κ1) is 18.9. The van der Waals surface area contributed by atoms with Crippen molar-refractivity contribution >= 4 is 17.5 Å². The quantitative estimate of drug-likeness (QED) is 0.746. The standard InChI is InChI=1S/C19H25ClN4O2/c20-16-8-4-6-14(12-16)18-22-19(26-23-18)15-7-5-11-24(13-15)17(25)9-2-1-3-10-21/h4,6,8,12,15H,1-3,5,7,9-11,13,21H2/t15-/m0/s1. The normalized spacial score (nSPS) is 17.5. The van der Waals surface area contributed by atoms with Crippen LogP contribution in [0.1, 0.15) is 50.3 Å². The minimum atomic E-state index is 0.0946. The van der Waals surface area contributed by atoms with Gasteiger partial charge in [0.15, 0.2) is 0 Å². The van der Waals surface area contributed by atoms with Crippen molar-refractivity contribution in [3.05, 3.63) is 35.2 Å². The maximum atomic E-state index is 12.4. The molecule has 0 aliphatic carbocycles. The van der Waals surface area contributed by atoms with E-state index >= 15 is 0 Å². The molecule has 1 aliphatic rings. The van der Waals surface area contributed by atoms with Crippen molar-refractivity contribution in [3.63, 3.8) is 0 Å². The molecular weight excluding hydrogens is 352 g/mol. The van der Waals surface area contributed by atoms with Crippen LogP contribution in [-0.4, -0.2) is 40.6 Å². The monoisotopic (exact) mass is 376 g/mol. The van der Waals surface area contributed by atoms with E-state index in [0.717, 1.165) is 44.2 Å². The average Bonchev–Trinajstić information content (AvgIpc) is 3.15. The molecule has 26 heavy (non-hydrogen) atoms. The van der Waals surface area contributed by atoms with E-state index in [-0.39, 0.29) is 11.8 Å². The molecule has 2 aromatic rings. The van der Waals surface area contributed by atoms with Gasteiger partial charge in [-0.2, -0.15) is 4.98 Å². The third kappa shape index (κ3) is 4.83. The molecule has 3 rings (SSSR count). The Morgan fingerprint density at radius 2 is 2.23 bits per heavy atom. The van der Waals surface area contributed by atoms with Crippen LogP contribution in [0.15, 0.2) is 28.8 Å². The summed E-state index contributed by atoms with van der Waals surface area (Å²) in [5.74, 6) is 1.44. The fraction of sp³-hybridized carbons (Fsp3) is 0.526. The Morgan fingerprint density at radius 3 is 3.04 bits per heavy atom. The number of hydrogen-bond donors (Lipinski definition) is 1. The van der Waals surface area contributed by atoms with Crippen LogP contribution in [-0.2, 0) is 4.79 Å². The molecule has 2 heterocycles. The van der Waals surface area contributed by atoms with Gasteiger partial charge in [0.05, 0.1) is 5.92 Å². The Kier molecular flexibility index (Phi) is 6.63. The molecule has 1 aliphatic heterocycles. The summed E-state index contributed by atoms with van der Waals surface area (Å²) in [6.07, 6.45) is 5.37. The first-order valence-electron chi connectivity index (χ1n) is 9.25. The van der Waals surface area contributed by atoms with Crippen LogP contribution in [0, 0.1) is 0 Å². The third-order valence-electron chi connectivity index (χ3n) is 4.74. The van der Waals surface area contributed by atoms with E-state index in [1.807, 2.05) is 29.2 Å². The molecule has 0 radical (unpaired) electrons. The van der Waals surface area contributed by atoms with Crippen molar-refractivity contribution in [2.75, 3.05) is 19.6 Å². The molecule has 6 nitrogen and oxygen atoms in total. The lowest BCUT2D eigenvalue weighted by atomic mass is 9.97. The number of amides is 1. The molecule has 1 atom stereocenters. The Balaban J connectivity index is 1.60. The zero-order chi connectivity index (χ0) is 18.4. The molecule has 0 saturated carbocycles. The highest BCUT2D eigenvalue weighted by atomic mass is 35.5. The fourth-order valence-corrected chi connectivity index (χ4v) is 3.50. The zero-order valence-corrected chi connectivity index (χ0v) is 15.6. The number of benzene rings is 1. The van der Waals surface area contributed by atoms with Gasteiger partial charge in [-0.3, -0.25) is 4.79 Å². The Hall–Kier alpha value is -1.92. The van der Waals surface area contributed by atoms with E-state index < -0.39 is 0 Å². The first-order valence-corrected chi connectivity index (χ1v) is 9.62. The second kappa shape index (κ2) is 9.14. The minimum absolute atomic E-state index is 0.0946. The van der Waals surface area contributed by atoms with Crippen LogP contribution in [0.3, 0.4) is 0 Å². The largest absolute Gasteiger partial charge is 0.342 e. The van der Waals surface area contributed by atoms with Gasteiger partial charge in [-0.15, -0.1) is 0 Å². The number of halogens is 1. The molecule has 0 bridgehead atoms. The molecule has 1 aromatic carbocycles. The molecule has 1 amide bonds. The summed E-state index contributed by atoms with van der Waals surface area (Å²) >= 11 is 6.03. The minimum Gasteiger partial charge on any atom is -0.342 e. The number of likely N-dealkylation sites (tertiary alicyclic amines) is 1. The number of rotatable bonds is 7. The number of carbonyl (C=O) groups is 1. The molecular formula is C19H25ClN4O2. The summed E-state index contributed by atoms with van der Waals surface area (Å²) in [7, 11) is 0. The fourth-order valence-electron chi connectivity index (χ4n) is 3.31. The molecule has 2 N–H and O–H groups in total. The van der Waals surface area contributed by atoms with Gasteiger partial charge in [-0.05, 0) is 44.4 Å². The van der Waals surface area contributed by atoms with E-state index in [0.29, 0.717) is 36.2 Å². The van der Waals surface area contributed by atoms with Crippen LogP contribution in [0.4, 0.5) is 0 Å². The van der Waals surface area contributed by atoms with Crippen molar-refractivity contribution in [2.45, 2.75) is 44.4 Å². The van der Waals surface area contributed by atoms with Crippen molar-refractivity contribution < 1.29 is 9.32 Å². The third-order valence-corrected chi connectivity index (χ3v) is 4.98. The molecule has 140 valence electrons. The van der Waals surface area contributed by atoms with Crippen LogP contribution >= 0.6 is 11.6 Å². The molecule has 7 heteroatoms. The van der Waals surface area contributed by atoms with Crippen LogP contribution in [0.5, 0.6) is 0 Å². The molecule has 1 fully saturated rings. The predicted octanol–water partition coefficient (Wildman–Crippen LogP) is 3.62. The van der Waals surface area contributed by atoms with Crippen molar-refractivity contribution in [3.8, 4) is 11.4 Å². The summed E-state index contributed by atoms with van der Waals surface area (Å²) in [4.78, 5) is 18.9. The number of piperidine rings is 1. The van der Waals surface area contributed by atoms with Crippen LogP contribution < -0.4 is 5.73 Å². The summed E-state index contributed by atoms with van der Waals surface area (Å²) in [6, 6.07) is 7.39. The number of hydrogen-bond acceptors (Lipinski definition) is 5. The van der Waals surface area contributed by atoms with Gasteiger partial charge in [0.2, 0.25) is 17.6 Å². The topological polar surface area (TPSA) is 85.3 Å². The van der Waals surface area contributed by atoms with Crippen molar-refractivity contribution in [2.24, 2.45) is 5.73 Å². The molecule has 0 spiro atoms. The number of nitrogens with two attached hydrogens (primary N) is 1. The Bertz CT molecular complexity index is 734. The summed E-state index contributed by atoms with van der Waals surface area (Å²) in [5.41, 5.74) is 6.33. The van der Waals surface area contributed by atoms with Crippen molar-refractivity contribution in [1.29, 1.82) is 0 Å². The van der Waals surface area contributed by atoms with Gasteiger partial charge in [0.25, 0.3) is 0 Å². The van der Waals surface area contributed by atoms with Gasteiger partial charge in [-0.25, -0.2) is 0 Å². The number of nitrogens with zero attached hydrogens (tertiary/aromatic N) is 3. The Labute approximate surface area is 158 Å². The highest BCUT2D eigenvalue weighted by Gasteiger charge is 2.28. The highest BCUT2D eigenvalue weighted by molar-refractivity contribution is 6.30. The lowest BCUT2D eigenvalue weighted by molar-refractivity contribution is -0.132. The van der Waals surface area contributed by atoms with Crippen LogP contribution in [0.2, 0.25) is 5.02 Å². The number of carbonyl (C=O) groups excluding carboxylic acids is 1. The van der Waals surface area contributed by atoms with Crippen LogP contribution in [0.25, 0.3) is 11.4 Å². The molecule has 1 saturated heterocycles. The zero-order valence-electron chi connectivity index (χ0n) is 14.9. The summed E-state index contributed by atoms with van der Waals surface area (Å²) in [5, 5.41) is 4.72. The maximum absolute atomic E-state index is 12.4. The second-order valence-corrected chi connectivity index (χ2v) is 7.18. The lowest BCUT2D eigenvalue weighted by Crippen LogP contribution is -2.39. The highest BCUT2D eigenvalue weighted by Crippen LogP contribution is 2.28. The first-order chi connectivity index (χ1) is 12.7. The average molecular weight is 377 g/mol. The van der Waals surface area contributed by atoms with Gasteiger partial charge < -0.3 is 15.2 Å². The van der Waals surface area contributed by atoms with Gasteiger partial charge in [-0.1, -0.05) is 35.3 Å². The van der Waals surface area contributed by atoms with E-state index in [1.165, 1.54) is 0 Å². The SMILES string of the molecule is NCCCCCC(=O)N1CCC[C@H](c2nc(-c3cccc(Cl)c3)no2)C1. The Morgan fingerprint density at radius 1 is 1.35 bits per heavy atom. The lowest BCUT2D eigenvalue weighted by Gasteiger charge is -2.31.